The highest BCUT2D eigenvalue weighted by Gasteiger charge is 2.60. The molecular formula is C24H40N2O4SSi. The second-order valence-corrected chi connectivity index (χ2v) is 17.2. The summed E-state index contributed by atoms with van der Waals surface area (Å²) in [6, 6.07) is 10.8. The van der Waals surface area contributed by atoms with Crippen molar-refractivity contribution in [3.63, 3.8) is 0 Å². The quantitative estimate of drug-likeness (QED) is 0.527. The van der Waals surface area contributed by atoms with Gasteiger partial charge in [0.2, 0.25) is 0 Å². The smallest absolute Gasteiger partial charge is 0.410 e. The van der Waals surface area contributed by atoms with Crippen LogP contribution in [-0.2, 0) is 26.8 Å². The summed E-state index contributed by atoms with van der Waals surface area (Å²) in [4.78, 5) is 14.4. The molecule has 2 aliphatic rings. The minimum absolute atomic E-state index is 0.146. The van der Waals surface area contributed by atoms with Gasteiger partial charge in [0.1, 0.15) is 6.61 Å². The summed E-state index contributed by atoms with van der Waals surface area (Å²) in [5.74, 6) is 1.32. The van der Waals surface area contributed by atoms with Crippen LogP contribution in [0.25, 0.3) is 0 Å². The van der Waals surface area contributed by atoms with E-state index in [0.29, 0.717) is 24.4 Å². The zero-order chi connectivity index (χ0) is 23.7. The van der Waals surface area contributed by atoms with Gasteiger partial charge in [0, 0.05) is 25.2 Å². The lowest BCUT2D eigenvalue weighted by atomic mass is 10.1. The fraction of sp³-hybridized carbons (Fsp3) is 0.708. The van der Waals surface area contributed by atoms with E-state index in [2.05, 4.69) is 31.7 Å². The number of benzene rings is 1. The predicted octanol–water partition coefficient (Wildman–Crippen LogP) is 4.55. The SMILES string of the molecule is CC(C)O[Si](C)(C)CC(NS(=O)C(C)(C)C)C1C2CN(C(=O)OCc3ccccc3)CC21. The Hall–Kier alpha value is -1.22. The molecule has 1 aliphatic carbocycles. The third kappa shape index (κ3) is 6.65. The molecule has 1 heterocycles. The van der Waals surface area contributed by atoms with Gasteiger partial charge in [-0.3, -0.25) is 0 Å². The predicted molar refractivity (Wildman–Crippen MR) is 132 cm³/mol. The first-order valence-electron chi connectivity index (χ1n) is 11.7. The molecule has 6 nitrogen and oxygen atoms in total. The largest absolute Gasteiger partial charge is 0.445 e. The zero-order valence-electron chi connectivity index (χ0n) is 20.6. The summed E-state index contributed by atoms with van der Waals surface area (Å²) in [7, 11) is -3.05. The molecule has 1 aliphatic heterocycles. The molecule has 1 aromatic carbocycles. The lowest BCUT2D eigenvalue weighted by Gasteiger charge is -2.33. The average Bonchev–Trinajstić information content (AvgIpc) is 3.17. The molecule has 0 aromatic heterocycles. The summed E-state index contributed by atoms with van der Waals surface area (Å²) < 4.78 is 27.9. The van der Waals surface area contributed by atoms with Crippen molar-refractivity contribution in [2.45, 2.75) is 77.3 Å². The number of amides is 1. The minimum Gasteiger partial charge on any atom is -0.445 e. The van der Waals surface area contributed by atoms with Gasteiger partial charge in [0.15, 0.2) is 8.32 Å². The van der Waals surface area contributed by atoms with E-state index < -0.39 is 19.3 Å². The molecule has 32 heavy (non-hydrogen) atoms. The van der Waals surface area contributed by atoms with Crippen LogP contribution in [0.3, 0.4) is 0 Å². The van der Waals surface area contributed by atoms with E-state index in [-0.39, 0.29) is 23.0 Å². The number of hydrogen-bond donors (Lipinski definition) is 1. The maximum atomic E-state index is 12.9. The highest BCUT2D eigenvalue weighted by Crippen LogP contribution is 2.55. The van der Waals surface area contributed by atoms with Gasteiger partial charge in [-0.25, -0.2) is 13.7 Å². The number of likely N-dealkylation sites (tertiary alicyclic amines) is 1. The van der Waals surface area contributed by atoms with Crippen LogP contribution in [0.5, 0.6) is 0 Å². The van der Waals surface area contributed by atoms with Crippen LogP contribution in [0.15, 0.2) is 30.3 Å². The van der Waals surface area contributed by atoms with E-state index in [1.807, 2.05) is 56.0 Å². The molecule has 1 saturated carbocycles. The second kappa shape index (κ2) is 9.95. The first-order chi connectivity index (χ1) is 14.9. The van der Waals surface area contributed by atoms with Crippen LogP contribution < -0.4 is 4.72 Å². The van der Waals surface area contributed by atoms with Gasteiger partial charge in [0.25, 0.3) is 0 Å². The normalized spacial score (nSPS) is 24.9. The summed E-state index contributed by atoms with van der Waals surface area (Å²) in [5.41, 5.74) is 0.995. The molecule has 180 valence electrons. The maximum absolute atomic E-state index is 12.9. The second-order valence-electron chi connectivity index (χ2n) is 11.1. The maximum Gasteiger partial charge on any atom is 0.410 e. The molecule has 1 N–H and O–H groups in total. The number of rotatable bonds is 9. The molecule has 4 unspecified atom stereocenters. The minimum atomic E-state index is -1.92. The Bertz CT molecular complexity index is 800. The molecule has 4 atom stereocenters. The third-order valence-electron chi connectivity index (χ3n) is 6.27. The highest BCUT2D eigenvalue weighted by molar-refractivity contribution is 7.84. The molecule has 2 fully saturated rings. The zero-order valence-corrected chi connectivity index (χ0v) is 22.4. The Labute approximate surface area is 197 Å². The van der Waals surface area contributed by atoms with Gasteiger partial charge in [-0.15, -0.1) is 0 Å². The van der Waals surface area contributed by atoms with Crippen molar-refractivity contribution in [2.75, 3.05) is 13.1 Å². The van der Waals surface area contributed by atoms with E-state index in [0.717, 1.165) is 24.7 Å². The fourth-order valence-electron chi connectivity index (χ4n) is 4.92. The molecule has 1 aromatic rings. The summed E-state index contributed by atoms with van der Waals surface area (Å²) in [5, 5.41) is 0. The van der Waals surface area contributed by atoms with Crippen LogP contribution in [0, 0.1) is 17.8 Å². The number of carbonyl (C=O) groups is 1. The number of fused-ring (bicyclic) bond motifs is 1. The number of nitrogens with one attached hydrogen (secondary N) is 1. The molecule has 0 spiro atoms. The molecule has 1 amide bonds. The average molecular weight is 481 g/mol. The first-order valence-corrected chi connectivity index (χ1v) is 16.0. The topological polar surface area (TPSA) is 67.9 Å². The highest BCUT2D eigenvalue weighted by atomic mass is 32.2. The number of ether oxygens (including phenoxy) is 1. The molecule has 0 bridgehead atoms. The number of nitrogens with zero attached hydrogens (tertiary/aromatic N) is 1. The summed E-state index contributed by atoms with van der Waals surface area (Å²) >= 11 is 0. The number of carbonyl (C=O) groups excluding carboxylic acids is 1. The Balaban J connectivity index is 1.58. The lowest BCUT2D eigenvalue weighted by molar-refractivity contribution is 0.0980. The van der Waals surface area contributed by atoms with Crippen molar-refractivity contribution in [1.82, 2.24) is 9.62 Å². The monoisotopic (exact) mass is 480 g/mol. The van der Waals surface area contributed by atoms with Crippen LogP contribution >= 0.6 is 0 Å². The van der Waals surface area contributed by atoms with Gasteiger partial charge in [-0.05, 0) is 77.1 Å². The molecule has 3 rings (SSSR count). The van der Waals surface area contributed by atoms with Gasteiger partial charge in [0.05, 0.1) is 15.7 Å². The van der Waals surface area contributed by atoms with Crippen LogP contribution in [0.1, 0.15) is 40.2 Å². The van der Waals surface area contributed by atoms with Crippen molar-refractivity contribution in [3.05, 3.63) is 35.9 Å². The van der Waals surface area contributed by atoms with Crippen molar-refractivity contribution in [1.29, 1.82) is 0 Å². The Morgan fingerprint density at radius 1 is 1.19 bits per heavy atom. The molecule has 0 radical (unpaired) electrons. The van der Waals surface area contributed by atoms with Gasteiger partial charge in [-0.2, -0.15) is 0 Å². The fourth-order valence-corrected chi connectivity index (χ4v) is 8.74. The Morgan fingerprint density at radius 3 is 2.31 bits per heavy atom. The first kappa shape index (κ1) is 25.4. The third-order valence-corrected chi connectivity index (χ3v) is 10.4. The van der Waals surface area contributed by atoms with Gasteiger partial charge >= 0.3 is 6.09 Å². The number of piperidine rings is 1. The van der Waals surface area contributed by atoms with E-state index in [1.165, 1.54) is 0 Å². The lowest BCUT2D eigenvalue weighted by Crippen LogP contribution is -2.48. The van der Waals surface area contributed by atoms with Gasteiger partial charge < -0.3 is 14.1 Å². The van der Waals surface area contributed by atoms with Gasteiger partial charge in [-0.1, -0.05) is 30.3 Å². The van der Waals surface area contributed by atoms with E-state index in [9.17, 15) is 9.00 Å². The molecular weight excluding hydrogens is 440 g/mol. The van der Waals surface area contributed by atoms with Crippen LogP contribution in [0.4, 0.5) is 4.79 Å². The van der Waals surface area contributed by atoms with Crippen molar-refractivity contribution >= 4 is 25.4 Å². The van der Waals surface area contributed by atoms with Crippen molar-refractivity contribution in [3.8, 4) is 0 Å². The molecule has 1 saturated heterocycles. The van der Waals surface area contributed by atoms with E-state index in [1.54, 1.807) is 0 Å². The summed E-state index contributed by atoms with van der Waals surface area (Å²) in [6.45, 7) is 16.4. The van der Waals surface area contributed by atoms with Crippen molar-refractivity contribution in [2.24, 2.45) is 17.8 Å². The van der Waals surface area contributed by atoms with Crippen LogP contribution in [0.2, 0.25) is 19.1 Å². The van der Waals surface area contributed by atoms with Crippen LogP contribution in [-0.4, -0.2) is 53.5 Å². The standard InChI is InChI=1S/C24H40N2O4SSi/c1-17(2)30-32(6,7)16-21(25-31(28)24(3,4)5)22-19-13-26(14-20(19)22)23(27)29-15-18-11-9-8-10-12-18/h8-12,17,19-22,25H,13-16H2,1-7H3. The molecule has 8 heteroatoms. The summed E-state index contributed by atoms with van der Waals surface area (Å²) in [6.07, 6.45) is -0.0422. The van der Waals surface area contributed by atoms with E-state index in [4.69, 9.17) is 9.16 Å². The van der Waals surface area contributed by atoms with Crippen molar-refractivity contribution < 1.29 is 18.2 Å². The Morgan fingerprint density at radius 2 is 1.78 bits per heavy atom. The number of hydrogen-bond acceptors (Lipinski definition) is 4. The Kier molecular flexibility index (Phi) is 7.90. The van der Waals surface area contributed by atoms with E-state index >= 15 is 0 Å².